The smallest absolute Gasteiger partial charge is 0.279 e. The van der Waals surface area contributed by atoms with Crippen LogP contribution in [0.2, 0.25) is 0 Å². The lowest BCUT2D eigenvalue weighted by molar-refractivity contribution is 0.304. The average Bonchev–Trinajstić information content (AvgIpc) is 3.25. The molecule has 1 aliphatic carbocycles. The predicted octanol–water partition coefficient (Wildman–Crippen LogP) is 3.85. The number of nitrogens with zero attached hydrogens (tertiary/aromatic N) is 5. The summed E-state index contributed by atoms with van der Waals surface area (Å²) in [7, 11) is 1.61. The minimum absolute atomic E-state index is 0.295. The van der Waals surface area contributed by atoms with Crippen LogP contribution in [0.25, 0.3) is 23.0 Å². The van der Waals surface area contributed by atoms with Crippen LogP contribution in [0.4, 0.5) is 0 Å². The Labute approximate surface area is 158 Å². The fourth-order valence-electron chi connectivity index (χ4n) is 3.77. The van der Waals surface area contributed by atoms with E-state index in [2.05, 4.69) is 40.6 Å². The van der Waals surface area contributed by atoms with Gasteiger partial charge in [0.05, 0.1) is 7.11 Å². The molecule has 27 heavy (non-hydrogen) atoms. The minimum Gasteiger partial charge on any atom is -0.481 e. The molecule has 0 amide bonds. The first-order valence-electron chi connectivity index (χ1n) is 9.35. The summed E-state index contributed by atoms with van der Waals surface area (Å²) in [5.74, 6) is 1.58. The van der Waals surface area contributed by atoms with Gasteiger partial charge in [0.2, 0.25) is 11.7 Å². The van der Waals surface area contributed by atoms with Gasteiger partial charge in [-0.25, -0.2) is 4.98 Å². The molecule has 0 radical (unpaired) electrons. The van der Waals surface area contributed by atoms with Crippen molar-refractivity contribution in [3.8, 4) is 28.9 Å². The van der Waals surface area contributed by atoms with Gasteiger partial charge in [-0.3, -0.25) is 4.68 Å². The quantitative estimate of drug-likeness (QED) is 0.697. The number of hydrogen-bond donors (Lipinski definition) is 0. The standard InChI is InChI=1S/C20H25N5O2/c1-6-25-15-10-20(3,4)8-7-14(15)16(23-25)19-22-17(24-27-19)13-9-12(2)18(26-5)21-11-13/h9,11H,6-8,10H2,1-5H3. The molecule has 1 aliphatic rings. The summed E-state index contributed by atoms with van der Waals surface area (Å²) in [6.07, 6.45) is 4.83. The van der Waals surface area contributed by atoms with Gasteiger partial charge in [0.15, 0.2) is 5.69 Å². The zero-order chi connectivity index (χ0) is 19.2. The first-order valence-corrected chi connectivity index (χ1v) is 9.35. The molecule has 0 spiro atoms. The van der Waals surface area contributed by atoms with Crippen molar-refractivity contribution in [1.82, 2.24) is 24.9 Å². The number of hydrogen-bond acceptors (Lipinski definition) is 6. The number of ether oxygens (including phenoxy) is 1. The topological polar surface area (TPSA) is 78.9 Å². The molecule has 3 aromatic rings. The first-order chi connectivity index (χ1) is 12.9. The van der Waals surface area contributed by atoms with Gasteiger partial charge in [-0.15, -0.1) is 0 Å². The van der Waals surface area contributed by atoms with Crippen LogP contribution in [0.1, 0.15) is 44.0 Å². The van der Waals surface area contributed by atoms with E-state index in [1.807, 2.05) is 13.0 Å². The highest BCUT2D eigenvalue weighted by atomic mass is 16.5. The van der Waals surface area contributed by atoms with Gasteiger partial charge in [-0.2, -0.15) is 10.1 Å². The highest BCUT2D eigenvalue weighted by Gasteiger charge is 2.32. The number of pyridine rings is 1. The molecule has 0 N–H and O–H groups in total. The van der Waals surface area contributed by atoms with Crippen LogP contribution in [0.5, 0.6) is 5.88 Å². The van der Waals surface area contributed by atoms with E-state index < -0.39 is 0 Å². The molecular weight excluding hydrogens is 342 g/mol. The van der Waals surface area contributed by atoms with Crippen molar-refractivity contribution >= 4 is 0 Å². The molecule has 0 atom stereocenters. The Bertz CT molecular complexity index is 986. The molecule has 4 rings (SSSR count). The van der Waals surface area contributed by atoms with Gasteiger partial charge in [-0.05, 0) is 44.6 Å². The average molecular weight is 367 g/mol. The van der Waals surface area contributed by atoms with Gasteiger partial charge in [0.25, 0.3) is 5.89 Å². The van der Waals surface area contributed by atoms with Crippen LogP contribution in [0.3, 0.4) is 0 Å². The van der Waals surface area contributed by atoms with Crippen LogP contribution < -0.4 is 4.74 Å². The highest BCUT2D eigenvalue weighted by molar-refractivity contribution is 5.61. The zero-order valence-electron chi connectivity index (χ0n) is 16.5. The maximum absolute atomic E-state index is 5.58. The van der Waals surface area contributed by atoms with Gasteiger partial charge in [0, 0.05) is 35.1 Å². The van der Waals surface area contributed by atoms with Crippen molar-refractivity contribution in [3.63, 3.8) is 0 Å². The minimum atomic E-state index is 0.295. The van der Waals surface area contributed by atoms with Crippen molar-refractivity contribution in [2.45, 2.75) is 53.5 Å². The lowest BCUT2D eigenvalue weighted by atomic mass is 9.76. The Kier molecular flexibility index (Phi) is 4.25. The second-order valence-corrected chi connectivity index (χ2v) is 7.90. The predicted molar refractivity (Wildman–Crippen MR) is 102 cm³/mol. The number of aryl methyl sites for hydroxylation is 2. The third-order valence-corrected chi connectivity index (χ3v) is 5.27. The van der Waals surface area contributed by atoms with E-state index in [-0.39, 0.29) is 0 Å². The van der Waals surface area contributed by atoms with Gasteiger partial charge >= 0.3 is 0 Å². The van der Waals surface area contributed by atoms with Crippen molar-refractivity contribution in [2.75, 3.05) is 7.11 Å². The summed E-state index contributed by atoms with van der Waals surface area (Å²) < 4.78 is 12.9. The second-order valence-electron chi connectivity index (χ2n) is 7.90. The Hall–Kier alpha value is -2.70. The molecule has 0 aliphatic heterocycles. The van der Waals surface area contributed by atoms with Crippen molar-refractivity contribution in [3.05, 3.63) is 29.1 Å². The van der Waals surface area contributed by atoms with Crippen molar-refractivity contribution in [2.24, 2.45) is 5.41 Å². The van der Waals surface area contributed by atoms with Crippen LogP contribution in [0.15, 0.2) is 16.8 Å². The van der Waals surface area contributed by atoms with E-state index in [0.717, 1.165) is 42.6 Å². The molecular formula is C20H25N5O2. The third kappa shape index (κ3) is 3.11. The summed E-state index contributed by atoms with van der Waals surface area (Å²) in [6.45, 7) is 9.51. The third-order valence-electron chi connectivity index (χ3n) is 5.27. The van der Waals surface area contributed by atoms with Crippen LogP contribution in [-0.2, 0) is 19.4 Å². The summed E-state index contributed by atoms with van der Waals surface area (Å²) in [5.41, 5.74) is 5.38. The van der Waals surface area contributed by atoms with Gasteiger partial charge in [-0.1, -0.05) is 19.0 Å². The van der Waals surface area contributed by atoms with E-state index in [1.54, 1.807) is 13.3 Å². The number of rotatable bonds is 4. The molecule has 3 heterocycles. The van der Waals surface area contributed by atoms with E-state index in [9.17, 15) is 0 Å². The molecule has 0 fully saturated rings. The molecule has 7 nitrogen and oxygen atoms in total. The molecule has 3 aromatic heterocycles. The molecule has 0 unspecified atom stereocenters. The van der Waals surface area contributed by atoms with Crippen molar-refractivity contribution < 1.29 is 9.26 Å². The Balaban J connectivity index is 1.72. The number of methoxy groups -OCH3 is 1. The Morgan fingerprint density at radius 3 is 2.85 bits per heavy atom. The summed E-state index contributed by atoms with van der Waals surface area (Å²) in [6, 6.07) is 1.95. The molecule has 0 aromatic carbocycles. The van der Waals surface area contributed by atoms with Gasteiger partial charge < -0.3 is 9.26 Å². The maximum atomic E-state index is 5.58. The normalized spacial score (nSPS) is 15.6. The van der Waals surface area contributed by atoms with Gasteiger partial charge in [0.1, 0.15) is 0 Å². The van der Waals surface area contributed by atoms with E-state index in [1.165, 1.54) is 11.3 Å². The fraction of sp³-hybridized carbons (Fsp3) is 0.500. The van der Waals surface area contributed by atoms with Crippen molar-refractivity contribution in [1.29, 1.82) is 0 Å². The highest BCUT2D eigenvalue weighted by Crippen LogP contribution is 2.39. The molecule has 0 saturated heterocycles. The summed E-state index contributed by atoms with van der Waals surface area (Å²) in [5, 5.41) is 8.94. The fourth-order valence-corrected chi connectivity index (χ4v) is 3.77. The number of aromatic nitrogens is 5. The van der Waals surface area contributed by atoms with Crippen LogP contribution >= 0.6 is 0 Å². The van der Waals surface area contributed by atoms with E-state index in [4.69, 9.17) is 14.4 Å². The molecule has 142 valence electrons. The maximum Gasteiger partial charge on any atom is 0.279 e. The monoisotopic (exact) mass is 367 g/mol. The van der Waals surface area contributed by atoms with E-state index in [0.29, 0.717) is 23.0 Å². The largest absolute Gasteiger partial charge is 0.481 e. The Morgan fingerprint density at radius 1 is 1.33 bits per heavy atom. The molecule has 0 saturated carbocycles. The lowest BCUT2D eigenvalue weighted by Gasteiger charge is -2.30. The Morgan fingerprint density at radius 2 is 2.15 bits per heavy atom. The first kappa shape index (κ1) is 17.7. The SMILES string of the molecule is CCn1nc(-c2nc(-c3cnc(OC)c(C)c3)no2)c2c1CC(C)(C)CC2. The summed E-state index contributed by atoms with van der Waals surface area (Å²) >= 11 is 0. The summed E-state index contributed by atoms with van der Waals surface area (Å²) in [4.78, 5) is 8.90. The molecule has 7 heteroatoms. The van der Waals surface area contributed by atoms with Crippen LogP contribution in [0, 0.1) is 12.3 Å². The molecule has 0 bridgehead atoms. The van der Waals surface area contributed by atoms with E-state index >= 15 is 0 Å². The van der Waals surface area contributed by atoms with Crippen LogP contribution in [-0.4, -0.2) is 32.0 Å². The second kappa shape index (κ2) is 6.48. The lowest BCUT2D eigenvalue weighted by Crippen LogP contribution is -2.24. The zero-order valence-corrected chi connectivity index (χ0v) is 16.5. The number of fused-ring (bicyclic) bond motifs is 1.